The first-order chi connectivity index (χ1) is 10.6. The van der Waals surface area contributed by atoms with E-state index in [2.05, 4.69) is 15.3 Å². The molecule has 0 spiro atoms. The number of para-hydroxylation sites is 2. The van der Waals surface area contributed by atoms with Crippen molar-refractivity contribution in [2.45, 2.75) is 12.5 Å². The summed E-state index contributed by atoms with van der Waals surface area (Å²) in [6.45, 7) is 0. The molecule has 2 aromatic carbocycles. The van der Waals surface area contributed by atoms with Crippen LogP contribution in [0, 0.1) is 0 Å². The topological polar surface area (TPSA) is 78.0 Å². The number of benzene rings is 2. The third-order valence-corrected chi connectivity index (χ3v) is 3.53. The zero-order valence-corrected chi connectivity index (χ0v) is 12.3. The molecule has 1 unspecified atom stereocenters. The number of aliphatic hydroxyl groups excluding tert-OH is 1. The maximum absolute atomic E-state index is 12.0. The summed E-state index contributed by atoms with van der Waals surface area (Å²) in [5.74, 6) is 0.0519. The van der Waals surface area contributed by atoms with E-state index in [1.807, 2.05) is 24.3 Å². The molecule has 0 aliphatic carbocycles. The molecule has 1 atom stereocenters. The van der Waals surface area contributed by atoms with Gasteiger partial charge in [-0.15, -0.1) is 0 Å². The van der Waals surface area contributed by atoms with Gasteiger partial charge in [0.15, 0.2) is 0 Å². The zero-order valence-electron chi connectivity index (χ0n) is 11.6. The van der Waals surface area contributed by atoms with Crippen LogP contribution in [0.2, 0.25) is 5.02 Å². The average Bonchev–Trinajstić information content (AvgIpc) is 2.89. The smallest absolute Gasteiger partial charge is 0.229 e. The summed E-state index contributed by atoms with van der Waals surface area (Å²) >= 11 is 5.79. The minimum Gasteiger partial charge on any atom is -0.388 e. The highest BCUT2D eigenvalue weighted by Crippen LogP contribution is 2.20. The lowest BCUT2D eigenvalue weighted by Gasteiger charge is -2.10. The number of anilines is 1. The summed E-state index contributed by atoms with van der Waals surface area (Å²) < 4.78 is 0. The van der Waals surface area contributed by atoms with Crippen LogP contribution in [0.5, 0.6) is 0 Å². The van der Waals surface area contributed by atoms with Crippen LogP contribution in [0.3, 0.4) is 0 Å². The van der Waals surface area contributed by atoms with Crippen molar-refractivity contribution in [2.75, 3.05) is 5.32 Å². The number of halogens is 1. The second-order valence-corrected chi connectivity index (χ2v) is 5.36. The number of imidazole rings is 1. The number of hydrogen-bond acceptors (Lipinski definition) is 3. The van der Waals surface area contributed by atoms with E-state index >= 15 is 0 Å². The van der Waals surface area contributed by atoms with Gasteiger partial charge in [0.05, 0.1) is 23.6 Å². The summed E-state index contributed by atoms with van der Waals surface area (Å²) in [5, 5.41) is 13.3. The quantitative estimate of drug-likeness (QED) is 0.691. The van der Waals surface area contributed by atoms with Gasteiger partial charge in [-0.1, -0.05) is 35.9 Å². The van der Waals surface area contributed by atoms with Crippen molar-refractivity contribution in [3.8, 4) is 0 Å². The molecule has 1 aromatic heterocycles. The highest BCUT2D eigenvalue weighted by Gasteiger charge is 2.14. The van der Waals surface area contributed by atoms with E-state index < -0.39 is 6.10 Å². The van der Waals surface area contributed by atoms with Crippen LogP contribution in [0.15, 0.2) is 48.5 Å². The molecule has 1 amide bonds. The van der Waals surface area contributed by atoms with Crippen LogP contribution < -0.4 is 5.32 Å². The van der Waals surface area contributed by atoms with Gasteiger partial charge in [0, 0.05) is 5.02 Å². The van der Waals surface area contributed by atoms with Gasteiger partial charge in [-0.2, -0.15) is 0 Å². The number of nitrogens with one attached hydrogen (secondary N) is 2. The van der Waals surface area contributed by atoms with Gasteiger partial charge in [-0.05, 0) is 29.8 Å². The summed E-state index contributed by atoms with van der Waals surface area (Å²) in [6, 6.07) is 14.2. The van der Waals surface area contributed by atoms with Crippen LogP contribution in [0.1, 0.15) is 18.1 Å². The van der Waals surface area contributed by atoms with E-state index in [9.17, 15) is 9.90 Å². The molecular formula is C16H14ClN3O2. The van der Waals surface area contributed by atoms with E-state index in [1.54, 1.807) is 24.3 Å². The molecule has 0 radical (unpaired) electrons. The number of fused-ring (bicyclic) bond motifs is 1. The molecule has 0 aliphatic rings. The number of aromatic amines is 1. The second kappa shape index (κ2) is 6.17. The largest absolute Gasteiger partial charge is 0.388 e. The van der Waals surface area contributed by atoms with E-state index in [1.165, 1.54) is 0 Å². The van der Waals surface area contributed by atoms with Gasteiger partial charge < -0.3 is 10.1 Å². The van der Waals surface area contributed by atoms with Crippen LogP contribution in [0.4, 0.5) is 5.95 Å². The van der Waals surface area contributed by atoms with E-state index in [0.717, 1.165) is 11.0 Å². The molecule has 0 saturated heterocycles. The van der Waals surface area contributed by atoms with E-state index in [-0.39, 0.29) is 12.3 Å². The van der Waals surface area contributed by atoms with E-state index in [4.69, 9.17) is 11.6 Å². The Morgan fingerprint density at radius 3 is 2.68 bits per heavy atom. The number of H-pyrrole nitrogens is 1. The third kappa shape index (κ3) is 3.27. The second-order valence-electron chi connectivity index (χ2n) is 4.92. The standard InChI is InChI=1S/C16H14ClN3O2/c17-11-7-5-10(6-8-11)14(21)9-15(22)20-16-18-12-3-1-2-4-13(12)19-16/h1-8,14,21H,9H2,(H2,18,19,20,22). The summed E-state index contributed by atoms with van der Waals surface area (Å²) in [4.78, 5) is 19.2. The molecule has 5 nitrogen and oxygen atoms in total. The van der Waals surface area contributed by atoms with E-state index in [0.29, 0.717) is 16.5 Å². The molecule has 3 aromatic rings. The van der Waals surface area contributed by atoms with Crippen LogP contribution in [-0.2, 0) is 4.79 Å². The lowest BCUT2D eigenvalue weighted by atomic mass is 10.1. The van der Waals surface area contributed by atoms with Gasteiger partial charge in [-0.25, -0.2) is 4.98 Å². The Balaban J connectivity index is 1.65. The Kier molecular flexibility index (Phi) is 4.09. The van der Waals surface area contributed by atoms with Crippen LogP contribution in [0.25, 0.3) is 11.0 Å². The monoisotopic (exact) mass is 315 g/mol. The molecule has 3 N–H and O–H groups in total. The maximum atomic E-state index is 12.0. The average molecular weight is 316 g/mol. The van der Waals surface area contributed by atoms with Crippen molar-refractivity contribution < 1.29 is 9.90 Å². The Morgan fingerprint density at radius 1 is 1.23 bits per heavy atom. The van der Waals surface area contributed by atoms with Gasteiger partial charge >= 0.3 is 0 Å². The van der Waals surface area contributed by atoms with Crippen molar-refractivity contribution in [2.24, 2.45) is 0 Å². The van der Waals surface area contributed by atoms with Crippen LogP contribution >= 0.6 is 11.6 Å². The normalized spacial score (nSPS) is 12.3. The number of nitrogens with zero attached hydrogens (tertiary/aromatic N) is 1. The number of carbonyl (C=O) groups excluding carboxylic acids is 1. The molecule has 0 saturated carbocycles. The number of carbonyl (C=O) groups is 1. The Labute approximate surface area is 132 Å². The van der Waals surface area contributed by atoms with Crippen molar-refractivity contribution in [1.29, 1.82) is 0 Å². The first kappa shape index (κ1) is 14.6. The van der Waals surface area contributed by atoms with Gasteiger partial charge in [-0.3, -0.25) is 10.1 Å². The van der Waals surface area contributed by atoms with Crippen molar-refractivity contribution >= 4 is 34.5 Å². The van der Waals surface area contributed by atoms with Crippen molar-refractivity contribution in [3.63, 3.8) is 0 Å². The molecule has 3 rings (SSSR count). The van der Waals surface area contributed by atoms with Crippen molar-refractivity contribution in [1.82, 2.24) is 9.97 Å². The fraction of sp³-hybridized carbons (Fsp3) is 0.125. The Morgan fingerprint density at radius 2 is 1.95 bits per heavy atom. The number of amides is 1. The lowest BCUT2D eigenvalue weighted by Crippen LogP contribution is -2.16. The molecule has 22 heavy (non-hydrogen) atoms. The minimum absolute atomic E-state index is 0.0569. The molecule has 6 heteroatoms. The fourth-order valence-electron chi connectivity index (χ4n) is 2.17. The fourth-order valence-corrected chi connectivity index (χ4v) is 2.30. The number of aromatic nitrogens is 2. The van der Waals surface area contributed by atoms with Gasteiger partial charge in [0.2, 0.25) is 11.9 Å². The molecule has 112 valence electrons. The predicted octanol–water partition coefficient (Wildman–Crippen LogP) is 3.28. The SMILES string of the molecule is O=C(CC(O)c1ccc(Cl)cc1)Nc1nc2ccccc2[nH]1. The first-order valence-corrected chi connectivity index (χ1v) is 7.18. The molecule has 0 fully saturated rings. The highest BCUT2D eigenvalue weighted by molar-refractivity contribution is 6.30. The first-order valence-electron chi connectivity index (χ1n) is 6.80. The number of rotatable bonds is 4. The summed E-state index contributed by atoms with van der Waals surface area (Å²) in [6.07, 6.45) is -0.944. The lowest BCUT2D eigenvalue weighted by molar-refractivity contribution is -0.118. The summed E-state index contributed by atoms with van der Waals surface area (Å²) in [5.41, 5.74) is 2.26. The minimum atomic E-state index is -0.887. The van der Waals surface area contributed by atoms with Gasteiger partial charge in [0.25, 0.3) is 0 Å². The highest BCUT2D eigenvalue weighted by atomic mass is 35.5. The molecular weight excluding hydrogens is 302 g/mol. The molecule has 0 aliphatic heterocycles. The molecule has 1 heterocycles. The Bertz CT molecular complexity index is 766. The zero-order chi connectivity index (χ0) is 15.5. The summed E-state index contributed by atoms with van der Waals surface area (Å²) in [7, 11) is 0. The Hall–Kier alpha value is -2.37. The predicted molar refractivity (Wildman–Crippen MR) is 85.8 cm³/mol. The third-order valence-electron chi connectivity index (χ3n) is 3.28. The number of aliphatic hydroxyl groups is 1. The maximum Gasteiger partial charge on any atom is 0.229 e. The molecule has 0 bridgehead atoms. The van der Waals surface area contributed by atoms with Gasteiger partial charge in [0.1, 0.15) is 0 Å². The van der Waals surface area contributed by atoms with Crippen molar-refractivity contribution in [3.05, 3.63) is 59.1 Å². The number of hydrogen-bond donors (Lipinski definition) is 3. The van der Waals surface area contributed by atoms with Crippen LogP contribution in [-0.4, -0.2) is 21.0 Å².